The van der Waals surface area contributed by atoms with Crippen LogP contribution in [-0.2, 0) is 17.9 Å². The molecular formula is C23H22N6O2. The summed E-state index contributed by atoms with van der Waals surface area (Å²) in [5.74, 6) is 0.165. The SMILES string of the molecule is O=C(Cn1c(-c2ccccc2)cnc(N2CCC2)c1=O)NCc1cc2cnccc2[nH]1. The summed E-state index contributed by atoms with van der Waals surface area (Å²) >= 11 is 0. The maximum atomic E-state index is 13.2. The highest BCUT2D eigenvalue weighted by atomic mass is 16.2. The standard InChI is InChI=1S/C23H22N6O2/c30-21(25-13-18-11-17-12-24-8-7-19(17)27-18)15-29-20(16-5-2-1-3-6-16)14-26-22(23(29)31)28-9-4-10-28/h1-3,5-8,11-12,14,27H,4,9-10,13,15H2,(H,25,30). The van der Waals surface area contributed by atoms with Gasteiger partial charge in [0.05, 0.1) is 18.4 Å². The number of rotatable bonds is 6. The number of H-pyrrole nitrogens is 1. The average Bonchev–Trinajstić information content (AvgIpc) is 3.17. The topological polar surface area (TPSA) is 95.9 Å². The van der Waals surface area contributed by atoms with E-state index in [1.165, 1.54) is 4.57 Å². The normalized spacial score (nSPS) is 13.2. The Morgan fingerprint density at radius 1 is 1.13 bits per heavy atom. The molecule has 0 unspecified atom stereocenters. The Bertz CT molecular complexity index is 1260. The molecule has 31 heavy (non-hydrogen) atoms. The predicted octanol–water partition coefficient (Wildman–Crippen LogP) is 2.31. The monoisotopic (exact) mass is 414 g/mol. The number of aromatic amines is 1. The van der Waals surface area contributed by atoms with Crippen molar-refractivity contribution in [2.24, 2.45) is 0 Å². The molecule has 2 N–H and O–H groups in total. The minimum Gasteiger partial charge on any atom is -0.357 e. The average molecular weight is 414 g/mol. The molecule has 0 saturated carbocycles. The Labute approximate surface area is 178 Å². The molecule has 1 aromatic carbocycles. The van der Waals surface area contributed by atoms with Crippen LogP contribution in [0, 0.1) is 0 Å². The molecule has 4 aromatic rings. The van der Waals surface area contributed by atoms with Crippen LogP contribution in [0.2, 0.25) is 0 Å². The van der Waals surface area contributed by atoms with Crippen LogP contribution in [0.25, 0.3) is 22.2 Å². The smallest absolute Gasteiger partial charge is 0.294 e. The van der Waals surface area contributed by atoms with E-state index in [9.17, 15) is 9.59 Å². The van der Waals surface area contributed by atoms with Gasteiger partial charge in [-0.25, -0.2) is 4.98 Å². The van der Waals surface area contributed by atoms with Crippen LogP contribution in [0.5, 0.6) is 0 Å². The Hall–Kier alpha value is -3.94. The first-order chi connectivity index (χ1) is 15.2. The van der Waals surface area contributed by atoms with E-state index in [1.807, 2.05) is 47.4 Å². The number of fused-ring (bicyclic) bond motifs is 1. The fourth-order valence-corrected chi connectivity index (χ4v) is 3.74. The van der Waals surface area contributed by atoms with Gasteiger partial charge in [-0.3, -0.25) is 19.1 Å². The first-order valence-corrected chi connectivity index (χ1v) is 10.3. The molecule has 0 aliphatic carbocycles. The van der Waals surface area contributed by atoms with E-state index in [0.717, 1.165) is 41.7 Å². The summed E-state index contributed by atoms with van der Waals surface area (Å²) in [6, 6.07) is 13.4. The second-order valence-electron chi connectivity index (χ2n) is 7.60. The summed E-state index contributed by atoms with van der Waals surface area (Å²) < 4.78 is 1.51. The van der Waals surface area contributed by atoms with E-state index in [0.29, 0.717) is 18.1 Å². The number of amides is 1. The molecule has 0 atom stereocenters. The fourth-order valence-electron chi connectivity index (χ4n) is 3.74. The molecule has 1 aliphatic rings. The number of anilines is 1. The molecule has 4 heterocycles. The van der Waals surface area contributed by atoms with Crippen molar-refractivity contribution in [2.45, 2.75) is 19.5 Å². The van der Waals surface area contributed by atoms with E-state index in [2.05, 4.69) is 20.3 Å². The third-order valence-electron chi connectivity index (χ3n) is 5.52. The first-order valence-electron chi connectivity index (χ1n) is 10.3. The minimum absolute atomic E-state index is 0.0752. The number of hydrogen-bond donors (Lipinski definition) is 2. The van der Waals surface area contributed by atoms with Crippen molar-refractivity contribution in [3.63, 3.8) is 0 Å². The Morgan fingerprint density at radius 2 is 1.97 bits per heavy atom. The lowest BCUT2D eigenvalue weighted by Crippen LogP contribution is -2.43. The summed E-state index contributed by atoms with van der Waals surface area (Å²) in [5.41, 5.74) is 3.07. The third-order valence-corrected chi connectivity index (χ3v) is 5.52. The number of hydrogen-bond acceptors (Lipinski definition) is 5. The quantitative estimate of drug-likeness (QED) is 0.505. The summed E-state index contributed by atoms with van der Waals surface area (Å²) in [4.78, 5) is 39.7. The molecular weight excluding hydrogens is 392 g/mol. The number of pyridine rings is 1. The molecule has 1 aliphatic heterocycles. The lowest BCUT2D eigenvalue weighted by atomic mass is 10.1. The summed E-state index contributed by atoms with van der Waals surface area (Å²) in [5, 5.41) is 3.90. The zero-order valence-corrected chi connectivity index (χ0v) is 16.9. The highest BCUT2D eigenvalue weighted by Crippen LogP contribution is 2.20. The number of nitrogens with zero attached hydrogens (tertiary/aromatic N) is 4. The summed E-state index contributed by atoms with van der Waals surface area (Å²) in [6.07, 6.45) is 6.22. The number of benzene rings is 1. The predicted molar refractivity (Wildman–Crippen MR) is 119 cm³/mol. The second-order valence-corrected chi connectivity index (χ2v) is 7.60. The van der Waals surface area contributed by atoms with Crippen molar-refractivity contribution >= 4 is 22.6 Å². The van der Waals surface area contributed by atoms with Crippen LogP contribution in [0.15, 0.2) is 65.8 Å². The van der Waals surface area contributed by atoms with Gasteiger partial charge in [-0.1, -0.05) is 30.3 Å². The molecule has 0 spiro atoms. The summed E-state index contributed by atoms with van der Waals surface area (Å²) in [6.45, 7) is 1.89. The molecule has 5 rings (SSSR count). The third kappa shape index (κ3) is 3.79. The fraction of sp³-hybridized carbons (Fsp3) is 0.217. The van der Waals surface area contributed by atoms with Gasteiger partial charge in [-0.2, -0.15) is 0 Å². The molecule has 8 heteroatoms. The van der Waals surface area contributed by atoms with Crippen molar-refractivity contribution in [1.29, 1.82) is 0 Å². The van der Waals surface area contributed by atoms with Gasteiger partial charge in [0.2, 0.25) is 5.91 Å². The Morgan fingerprint density at radius 3 is 2.71 bits per heavy atom. The van der Waals surface area contributed by atoms with Gasteiger partial charge in [0.1, 0.15) is 6.54 Å². The molecule has 3 aromatic heterocycles. The van der Waals surface area contributed by atoms with Gasteiger partial charge < -0.3 is 15.2 Å². The van der Waals surface area contributed by atoms with Crippen LogP contribution in [-0.4, -0.2) is 38.5 Å². The number of carbonyl (C=O) groups is 1. The number of carbonyl (C=O) groups excluding carboxylic acids is 1. The van der Waals surface area contributed by atoms with E-state index in [-0.39, 0.29) is 18.0 Å². The van der Waals surface area contributed by atoms with Crippen molar-refractivity contribution < 1.29 is 4.79 Å². The van der Waals surface area contributed by atoms with Crippen molar-refractivity contribution in [2.75, 3.05) is 18.0 Å². The molecule has 0 radical (unpaired) electrons. The highest BCUT2D eigenvalue weighted by Gasteiger charge is 2.22. The largest absolute Gasteiger partial charge is 0.357 e. The van der Waals surface area contributed by atoms with Gasteiger partial charge in [-0.15, -0.1) is 0 Å². The Kier molecular flexibility index (Phi) is 4.95. The Balaban J connectivity index is 1.39. The number of nitrogens with one attached hydrogen (secondary N) is 2. The van der Waals surface area contributed by atoms with Crippen LogP contribution in [0.1, 0.15) is 12.1 Å². The maximum Gasteiger partial charge on any atom is 0.294 e. The van der Waals surface area contributed by atoms with Gasteiger partial charge in [0.25, 0.3) is 5.56 Å². The van der Waals surface area contributed by atoms with Crippen molar-refractivity contribution in [1.82, 2.24) is 24.8 Å². The van der Waals surface area contributed by atoms with Crippen LogP contribution < -0.4 is 15.8 Å². The van der Waals surface area contributed by atoms with Gasteiger partial charge in [0.15, 0.2) is 5.82 Å². The van der Waals surface area contributed by atoms with Crippen LogP contribution in [0.3, 0.4) is 0 Å². The molecule has 156 valence electrons. The zero-order valence-electron chi connectivity index (χ0n) is 16.9. The van der Waals surface area contributed by atoms with E-state index in [1.54, 1.807) is 18.6 Å². The molecule has 0 bridgehead atoms. The van der Waals surface area contributed by atoms with Crippen molar-refractivity contribution in [3.8, 4) is 11.3 Å². The van der Waals surface area contributed by atoms with E-state index < -0.39 is 0 Å². The molecule has 1 amide bonds. The number of aromatic nitrogens is 4. The van der Waals surface area contributed by atoms with E-state index in [4.69, 9.17) is 0 Å². The van der Waals surface area contributed by atoms with Crippen molar-refractivity contribution in [3.05, 3.63) is 77.1 Å². The van der Waals surface area contributed by atoms with Gasteiger partial charge >= 0.3 is 0 Å². The first kappa shape index (κ1) is 19.0. The summed E-state index contributed by atoms with van der Waals surface area (Å²) in [7, 11) is 0. The van der Waals surface area contributed by atoms with E-state index >= 15 is 0 Å². The second kappa shape index (κ2) is 8.06. The maximum absolute atomic E-state index is 13.2. The lowest BCUT2D eigenvalue weighted by Gasteiger charge is -2.31. The van der Waals surface area contributed by atoms with Gasteiger partial charge in [0, 0.05) is 42.1 Å². The molecule has 8 nitrogen and oxygen atoms in total. The lowest BCUT2D eigenvalue weighted by molar-refractivity contribution is -0.121. The van der Waals surface area contributed by atoms with Crippen LogP contribution >= 0.6 is 0 Å². The molecule has 1 saturated heterocycles. The highest BCUT2D eigenvalue weighted by molar-refractivity contribution is 5.80. The van der Waals surface area contributed by atoms with Crippen LogP contribution in [0.4, 0.5) is 5.82 Å². The molecule has 1 fully saturated rings. The zero-order chi connectivity index (χ0) is 21.2. The van der Waals surface area contributed by atoms with Gasteiger partial charge in [-0.05, 0) is 24.1 Å². The minimum atomic E-state index is -0.243.